The minimum Gasteiger partial charge on any atom is -0.465 e. The number of hydrogen-bond acceptors (Lipinski definition) is 7. The summed E-state index contributed by atoms with van der Waals surface area (Å²) in [5, 5.41) is 19.2. The molecule has 1 aromatic rings. The van der Waals surface area contributed by atoms with E-state index in [-0.39, 0.29) is 24.1 Å². The van der Waals surface area contributed by atoms with Crippen LogP contribution in [0.15, 0.2) is 18.2 Å². The lowest BCUT2D eigenvalue weighted by Gasteiger charge is -2.21. The van der Waals surface area contributed by atoms with Crippen molar-refractivity contribution in [2.75, 3.05) is 32.2 Å². The molecule has 0 bridgehead atoms. The summed E-state index contributed by atoms with van der Waals surface area (Å²) in [5.41, 5.74) is 0.927. The molecule has 1 fully saturated rings. The van der Waals surface area contributed by atoms with Gasteiger partial charge in [-0.2, -0.15) is 0 Å². The molecule has 0 spiro atoms. The Kier molecular flexibility index (Phi) is 4.15. The number of aliphatic hydroxyl groups is 2. The topological polar surface area (TPSA) is 96.3 Å². The number of ether oxygens (including phenoxy) is 2. The summed E-state index contributed by atoms with van der Waals surface area (Å²) < 4.78 is 9.31. The van der Waals surface area contributed by atoms with Crippen molar-refractivity contribution in [1.82, 2.24) is 0 Å². The number of esters is 2. The molecular formula is C14H17NO6. The second-order valence-corrected chi connectivity index (χ2v) is 4.91. The standard InChI is InChI=1S/C14H17NO6/c1-20-12(16)9-5-10(13(17)21-2)7-11(6-9)15-4-3-14(18,19)8-15/h5-7,18-19H,3-4,8H2,1-2H3. The van der Waals surface area contributed by atoms with Gasteiger partial charge in [0.1, 0.15) is 0 Å². The van der Waals surface area contributed by atoms with Crippen LogP contribution in [0, 0.1) is 0 Å². The normalized spacial score (nSPS) is 16.7. The van der Waals surface area contributed by atoms with E-state index in [9.17, 15) is 19.8 Å². The highest BCUT2D eigenvalue weighted by Gasteiger charge is 2.34. The highest BCUT2D eigenvalue weighted by molar-refractivity contribution is 5.97. The fourth-order valence-electron chi connectivity index (χ4n) is 2.26. The Morgan fingerprint density at radius 3 is 2.00 bits per heavy atom. The Bertz CT molecular complexity index is 534. The summed E-state index contributed by atoms with van der Waals surface area (Å²) in [7, 11) is 2.49. The predicted molar refractivity (Wildman–Crippen MR) is 73.1 cm³/mol. The van der Waals surface area contributed by atoms with E-state index in [1.165, 1.54) is 20.3 Å². The molecule has 2 N–H and O–H groups in total. The molecule has 1 heterocycles. The maximum absolute atomic E-state index is 11.7. The van der Waals surface area contributed by atoms with Crippen LogP contribution < -0.4 is 4.90 Å². The molecule has 0 amide bonds. The number of carbonyl (C=O) groups is 2. The fraction of sp³-hybridized carbons (Fsp3) is 0.429. The lowest BCUT2D eigenvalue weighted by molar-refractivity contribution is -0.140. The van der Waals surface area contributed by atoms with E-state index in [0.717, 1.165) is 0 Å². The van der Waals surface area contributed by atoms with Crippen LogP contribution in [-0.4, -0.2) is 55.2 Å². The maximum Gasteiger partial charge on any atom is 0.337 e. The minimum absolute atomic E-state index is 0.00175. The molecule has 0 saturated carbocycles. The van der Waals surface area contributed by atoms with Crippen LogP contribution in [0.25, 0.3) is 0 Å². The highest BCUT2D eigenvalue weighted by atomic mass is 16.5. The third kappa shape index (κ3) is 3.32. The number of rotatable bonds is 3. The van der Waals surface area contributed by atoms with E-state index in [2.05, 4.69) is 9.47 Å². The predicted octanol–water partition coefficient (Wildman–Crippen LogP) is 0.151. The summed E-state index contributed by atoms with van der Waals surface area (Å²) in [6.07, 6.45) is 0.184. The summed E-state index contributed by atoms with van der Waals surface area (Å²) in [5.74, 6) is -2.94. The van der Waals surface area contributed by atoms with Crippen LogP contribution in [0.1, 0.15) is 27.1 Å². The van der Waals surface area contributed by atoms with Crippen LogP contribution in [0.2, 0.25) is 0 Å². The Labute approximate surface area is 121 Å². The lowest BCUT2D eigenvalue weighted by Crippen LogP contribution is -2.32. The maximum atomic E-state index is 11.7. The van der Waals surface area contributed by atoms with Crippen molar-refractivity contribution < 1.29 is 29.3 Å². The second kappa shape index (κ2) is 5.71. The molecule has 7 nitrogen and oxygen atoms in total. The van der Waals surface area contributed by atoms with E-state index in [4.69, 9.17) is 0 Å². The second-order valence-electron chi connectivity index (χ2n) is 4.91. The number of anilines is 1. The van der Waals surface area contributed by atoms with Gasteiger partial charge in [-0.05, 0) is 18.2 Å². The van der Waals surface area contributed by atoms with Crippen molar-refractivity contribution in [3.63, 3.8) is 0 Å². The smallest absolute Gasteiger partial charge is 0.337 e. The van der Waals surface area contributed by atoms with Gasteiger partial charge in [-0.25, -0.2) is 9.59 Å². The first kappa shape index (κ1) is 15.3. The van der Waals surface area contributed by atoms with Crippen molar-refractivity contribution in [2.24, 2.45) is 0 Å². The average Bonchev–Trinajstić information content (AvgIpc) is 2.85. The van der Waals surface area contributed by atoms with Gasteiger partial charge in [0, 0.05) is 18.7 Å². The molecule has 1 aromatic carbocycles. The van der Waals surface area contributed by atoms with Crippen LogP contribution in [0.3, 0.4) is 0 Å². The summed E-state index contributed by atoms with van der Waals surface area (Å²) in [6, 6.07) is 4.46. The fourth-order valence-corrected chi connectivity index (χ4v) is 2.26. The van der Waals surface area contributed by atoms with Crippen LogP contribution in [0.5, 0.6) is 0 Å². The summed E-state index contributed by atoms with van der Waals surface area (Å²) in [4.78, 5) is 25.0. The first-order valence-corrected chi connectivity index (χ1v) is 6.38. The Balaban J connectivity index is 2.40. The number of β-amino-alcohol motifs (C(OH)–C–C–N with tert-alkyl or cyclic N) is 2. The Morgan fingerprint density at radius 1 is 1.10 bits per heavy atom. The van der Waals surface area contributed by atoms with Crippen molar-refractivity contribution in [3.8, 4) is 0 Å². The highest BCUT2D eigenvalue weighted by Crippen LogP contribution is 2.27. The SMILES string of the molecule is COC(=O)c1cc(C(=O)OC)cc(N2CCC(O)(O)C2)c1. The molecule has 0 atom stereocenters. The first-order chi connectivity index (χ1) is 9.86. The Morgan fingerprint density at radius 2 is 1.62 bits per heavy atom. The average molecular weight is 295 g/mol. The lowest BCUT2D eigenvalue weighted by atomic mass is 10.1. The van der Waals surface area contributed by atoms with E-state index in [0.29, 0.717) is 12.2 Å². The molecule has 1 aliphatic heterocycles. The van der Waals surface area contributed by atoms with Gasteiger partial charge in [0.15, 0.2) is 5.79 Å². The van der Waals surface area contributed by atoms with Crippen LogP contribution in [-0.2, 0) is 9.47 Å². The zero-order chi connectivity index (χ0) is 15.6. The first-order valence-electron chi connectivity index (χ1n) is 6.38. The number of hydrogen-bond donors (Lipinski definition) is 2. The van der Waals surface area contributed by atoms with Crippen molar-refractivity contribution in [2.45, 2.75) is 12.2 Å². The molecule has 0 radical (unpaired) electrons. The molecule has 114 valence electrons. The van der Waals surface area contributed by atoms with Gasteiger partial charge in [0.05, 0.1) is 31.9 Å². The molecule has 7 heteroatoms. The van der Waals surface area contributed by atoms with Gasteiger partial charge >= 0.3 is 11.9 Å². The third-order valence-electron chi connectivity index (χ3n) is 3.35. The van der Waals surface area contributed by atoms with Crippen LogP contribution in [0.4, 0.5) is 5.69 Å². The molecule has 0 unspecified atom stereocenters. The molecule has 1 saturated heterocycles. The van der Waals surface area contributed by atoms with Gasteiger partial charge in [-0.1, -0.05) is 0 Å². The largest absolute Gasteiger partial charge is 0.465 e. The number of carbonyl (C=O) groups excluding carboxylic acids is 2. The van der Waals surface area contributed by atoms with Crippen molar-refractivity contribution >= 4 is 17.6 Å². The molecule has 2 rings (SSSR count). The number of methoxy groups -OCH3 is 2. The van der Waals surface area contributed by atoms with Gasteiger partial charge in [-0.15, -0.1) is 0 Å². The Hall–Kier alpha value is -2.12. The molecule has 21 heavy (non-hydrogen) atoms. The molecule has 1 aliphatic rings. The van der Waals surface area contributed by atoms with Gasteiger partial charge in [0.2, 0.25) is 0 Å². The zero-order valence-corrected chi connectivity index (χ0v) is 11.8. The van der Waals surface area contributed by atoms with Crippen molar-refractivity contribution in [1.29, 1.82) is 0 Å². The quantitative estimate of drug-likeness (QED) is 0.605. The zero-order valence-electron chi connectivity index (χ0n) is 11.8. The van der Waals surface area contributed by atoms with E-state index < -0.39 is 17.7 Å². The van der Waals surface area contributed by atoms with Crippen LogP contribution >= 0.6 is 0 Å². The number of benzene rings is 1. The third-order valence-corrected chi connectivity index (χ3v) is 3.35. The van der Waals surface area contributed by atoms with E-state index >= 15 is 0 Å². The van der Waals surface area contributed by atoms with Gasteiger partial charge in [-0.3, -0.25) is 0 Å². The van der Waals surface area contributed by atoms with Gasteiger partial charge in [0.25, 0.3) is 0 Å². The van der Waals surface area contributed by atoms with Gasteiger partial charge < -0.3 is 24.6 Å². The minimum atomic E-state index is -1.77. The molecular weight excluding hydrogens is 278 g/mol. The van der Waals surface area contributed by atoms with E-state index in [1.807, 2.05) is 0 Å². The molecule has 0 aromatic heterocycles. The summed E-state index contributed by atoms with van der Waals surface area (Å²) >= 11 is 0. The number of nitrogens with zero attached hydrogens (tertiary/aromatic N) is 1. The molecule has 0 aliphatic carbocycles. The van der Waals surface area contributed by atoms with Crippen molar-refractivity contribution in [3.05, 3.63) is 29.3 Å². The monoisotopic (exact) mass is 295 g/mol. The van der Waals surface area contributed by atoms with E-state index in [1.54, 1.807) is 17.0 Å². The summed E-state index contributed by atoms with van der Waals surface area (Å²) in [6.45, 7) is 0.399.